The van der Waals surface area contributed by atoms with Gasteiger partial charge in [-0.25, -0.2) is 4.98 Å². The number of thiophene rings is 1. The van der Waals surface area contributed by atoms with Gasteiger partial charge in [-0.05, 0) is 60.8 Å². The fourth-order valence-electron chi connectivity index (χ4n) is 4.41. The smallest absolute Gasteiger partial charge is 0.298 e. The van der Waals surface area contributed by atoms with Crippen molar-refractivity contribution in [3.05, 3.63) is 83.6 Å². The Kier molecular flexibility index (Phi) is 6.37. The Morgan fingerprint density at radius 2 is 1.69 bits per heavy atom. The number of anilines is 3. The van der Waals surface area contributed by atoms with Crippen molar-refractivity contribution in [3.63, 3.8) is 0 Å². The van der Waals surface area contributed by atoms with Crippen LogP contribution in [0.5, 0.6) is 0 Å². The molecule has 4 aromatic rings. The predicted molar refractivity (Wildman–Crippen MR) is 142 cm³/mol. The molecule has 178 valence electrons. The van der Waals surface area contributed by atoms with Crippen LogP contribution in [0.3, 0.4) is 0 Å². The number of hydrogen-bond acceptors (Lipinski definition) is 6. The van der Waals surface area contributed by atoms with E-state index in [-0.39, 0.29) is 0 Å². The number of carbonyl (C=O) groups excluding carboxylic acids is 2. The van der Waals surface area contributed by atoms with Gasteiger partial charge >= 0.3 is 0 Å². The van der Waals surface area contributed by atoms with Gasteiger partial charge in [-0.1, -0.05) is 12.1 Å². The number of benzene rings is 1. The second kappa shape index (κ2) is 9.76. The SMILES string of the molecule is Cc1cc(-c2cccs2)c(C(=O)C(=O)Nc2ccc(N3CCN(c4ccccn4)CC3)cc2)n1C. The standard InChI is InChI=1S/C27H27N5O2S/c1-19-18-22(23-6-5-17-35-23)25(30(19)2)26(33)27(34)29-20-8-10-21(11-9-20)31-13-15-32(16-14-31)24-7-3-4-12-28-24/h3-12,17-18H,13-16H2,1-2H3,(H,29,34). The summed E-state index contributed by atoms with van der Waals surface area (Å²) in [4.78, 5) is 36.0. The van der Waals surface area contributed by atoms with Gasteiger partial charge in [0.05, 0.1) is 0 Å². The maximum Gasteiger partial charge on any atom is 0.298 e. The first kappa shape index (κ1) is 22.9. The van der Waals surface area contributed by atoms with Gasteiger partial charge in [0.1, 0.15) is 11.5 Å². The van der Waals surface area contributed by atoms with Crippen LogP contribution in [0.2, 0.25) is 0 Å². The van der Waals surface area contributed by atoms with E-state index in [0.717, 1.165) is 53.8 Å². The molecule has 1 aliphatic rings. The number of rotatable bonds is 6. The Hall–Kier alpha value is -3.91. The van der Waals surface area contributed by atoms with E-state index in [1.165, 1.54) is 0 Å². The Labute approximate surface area is 208 Å². The number of nitrogens with zero attached hydrogens (tertiary/aromatic N) is 4. The normalized spacial score (nSPS) is 13.7. The quantitative estimate of drug-likeness (QED) is 0.319. The lowest BCUT2D eigenvalue weighted by Crippen LogP contribution is -2.46. The number of aromatic nitrogens is 2. The minimum atomic E-state index is -0.638. The van der Waals surface area contributed by atoms with Crippen molar-refractivity contribution in [2.75, 3.05) is 41.3 Å². The molecule has 0 saturated carbocycles. The topological polar surface area (TPSA) is 70.5 Å². The third kappa shape index (κ3) is 4.70. The van der Waals surface area contributed by atoms with Crippen LogP contribution in [-0.4, -0.2) is 47.4 Å². The zero-order valence-electron chi connectivity index (χ0n) is 19.8. The molecule has 1 saturated heterocycles. The van der Waals surface area contributed by atoms with Crippen molar-refractivity contribution < 1.29 is 9.59 Å². The minimum Gasteiger partial charge on any atom is -0.368 e. The summed E-state index contributed by atoms with van der Waals surface area (Å²) >= 11 is 1.55. The molecule has 0 atom stereocenters. The first-order valence-electron chi connectivity index (χ1n) is 11.6. The summed E-state index contributed by atoms with van der Waals surface area (Å²) in [7, 11) is 1.81. The summed E-state index contributed by atoms with van der Waals surface area (Å²) in [5.74, 6) is -0.176. The van der Waals surface area contributed by atoms with Gasteiger partial charge in [0.15, 0.2) is 0 Å². The molecule has 0 radical (unpaired) electrons. The van der Waals surface area contributed by atoms with Gasteiger partial charge in [0.25, 0.3) is 11.7 Å². The van der Waals surface area contributed by atoms with Crippen LogP contribution in [-0.2, 0) is 11.8 Å². The molecule has 1 aromatic carbocycles. The number of hydrogen-bond donors (Lipinski definition) is 1. The Morgan fingerprint density at radius 3 is 2.34 bits per heavy atom. The van der Waals surface area contributed by atoms with Crippen molar-refractivity contribution in [2.45, 2.75) is 6.92 Å². The third-order valence-corrected chi connectivity index (χ3v) is 7.33. The van der Waals surface area contributed by atoms with Crippen molar-refractivity contribution in [1.29, 1.82) is 0 Å². The van der Waals surface area contributed by atoms with E-state index >= 15 is 0 Å². The number of piperazine rings is 1. The van der Waals surface area contributed by atoms with E-state index in [4.69, 9.17) is 0 Å². The number of nitrogens with one attached hydrogen (secondary N) is 1. The van der Waals surface area contributed by atoms with E-state index in [1.807, 2.05) is 86.2 Å². The van der Waals surface area contributed by atoms with E-state index in [9.17, 15) is 9.59 Å². The molecule has 35 heavy (non-hydrogen) atoms. The molecular formula is C27H27N5O2S. The molecule has 1 fully saturated rings. The molecule has 1 N–H and O–H groups in total. The highest BCUT2D eigenvalue weighted by molar-refractivity contribution is 7.13. The number of carbonyl (C=O) groups is 2. The van der Waals surface area contributed by atoms with Crippen molar-refractivity contribution in [2.24, 2.45) is 7.05 Å². The zero-order chi connectivity index (χ0) is 24.4. The van der Waals surface area contributed by atoms with Crippen molar-refractivity contribution in [1.82, 2.24) is 9.55 Å². The fraction of sp³-hybridized carbons (Fsp3) is 0.222. The Bertz CT molecular complexity index is 1320. The number of Topliss-reactive ketones (excluding diaryl/α,β-unsaturated/α-hetero) is 1. The summed E-state index contributed by atoms with van der Waals surface area (Å²) in [6.45, 7) is 5.50. The second-order valence-electron chi connectivity index (χ2n) is 8.58. The molecule has 0 unspecified atom stereocenters. The molecule has 1 amide bonds. The minimum absolute atomic E-state index is 0.407. The number of pyridine rings is 1. The van der Waals surface area contributed by atoms with Gasteiger partial charge in [0.2, 0.25) is 0 Å². The average molecular weight is 486 g/mol. The Morgan fingerprint density at radius 1 is 0.943 bits per heavy atom. The summed E-state index contributed by atoms with van der Waals surface area (Å²) in [6, 6.07) is 19.5. The molecular weight excluding hydrogens is 458 g/mol. The highest BCUT2D eigenvalue weighted by Crippen LogP contribution is 2.31. The number of ketones is 1. The number of aryl methyl sites for hydroxylation is 1. The number of amides is 1. The summed E-state index contributed by atoms with van der Waals surface area (Å²) in [6.07, 6.45) is 1.82. The molecule has 0 aliphatic carbocycles. The predicted octanol–water partition coefficient (Wildman–Crippen LogP) is 4.61. The monoisotopic (exact) mass is 485 g/mol. The van der Waals surface area contributed by atoms with Crippen molar-refractivity contribution >= 4 is 40.2 Å². The lowest BCUT2D eigenvalue weighted by molar-refractivity contribution is -0.112. The van der Waals surface area contributed by atoms with Crippen LogP contribution in [0.4, 0.5) is 17.2 Å². The molecule has 5 rings (SSSR count). The maximum absolute atomic E-state index is 13.1. The summed E-state index contributed by atoms with van der Waals surface area (Å²) in [5, 5.41) is 4.74. The highest BCUT2D eigenvalue weighted by Gasteiger charge is 2.25. The van der Waals surface area contributed by atoms with Crippen LogP contribution in [0.15, 0.2) is 72.2 Å². The van der Waals surface area contributed by atoms with Crippen LogP contribution < -0.4 is 15.1 Å². The average Bonchev–Trinajstić information content (AvgIpc) is 3.53. The summed E-state index contributed by atoms with van der Waals surface area (Å²) < 4.78 is 1.78. The van der Waals surface area contributed by atoms with Gasteiger partial charge in [-0.2, -0.15) is 0 Å². The molecule has 7 nitrogen and oxygen atoms in total. The Balaban J connectivity index is 1.24. The first-order valence-corrected chi connectivity index (χ1v) is 12.5. The van der Waals surface area contributed by atoms with Crippen molar-refractivity contribution in [3.8, 4) is 10.4 Å². The molecule has 0 bridgehead atoms. The molecule has 0 spiro atoms. The molecule has 8 heteroatoms. The second-order valence-corrected chi connectivity index (χ2v) is 9.52. The van der Waals surface area contributed by atoms with E-state index in [2.05, 4.69) is 20.1 Å². The molecule has 3 aromatic heterocycles. The molecule has 1 aliphatic heterocycles. The highest BCUT2D eigenvalue weighted by atomic mass is 32.1. The largest absolute Gasteiger partial charge is 0.368 e. The van der Waals surface area contributed by atoms with Gasteiger partial charge in [-0.3, -0.25) is 9.59 Å². The lowest BCUT2D eigenvalue weighted by Gasteiger charge is -2.36. The van der Waals surface area contributed by atoms with Gasteiger partial charge in [0, 0.05) is 66.9 Å². The van der Waals surface area contributed by atoms with Crippen LogP contribution in [0.1, 0.15) is 16.2 Å². The molecule has 4 heterocycles. The first-order chi connectivity index (χ1) is 17.0. The third-order valence-electron chi connectivity index (χ3n) is 6.42. The maximum atomic E-state index is 13.1. The van der Waals surface area contributed by atoms with Crippen LogP contribution in [0, 0.1) is 6.92 Å². The van der Waals surface area contributed by atoms with E-state index in [0.29, 0.717) is 11.4 Å². The summed E-state index contributed by atoms with van der Waals surface area (Å²) in [5.41, 5.74) is 3.82. The van der Waals surface area contributed by atoms with Crippen LogP contribution >= 0.6 is 11.3 Å². The fourth-order valence-corrected chi connectivity index (χ4v) is 5.15. The van der Waals surface area contributed by atoms with Gasteiger partial charge < -0.3 is 19.7 Å². The zero-order valence-corrected chi connectivity index (χ0v) is 20.6. The van der Waals surface area contributed by atoms with Crippen LogP contribution in [0.25, 0.3) is 10.4 Å². The van der Waals surface area contributed by atoms with Gasteiger partial charge in [-0.15, -0.1) is 11.3 Å². The van der Waals surface area contributed by atoms with E-state index < -0.39 is 11.7 Å². The lowest BCUT2D eigenvalue weighted by atomic mass is 10.1. The van der Waals surface area contributed by atoms with E-state index in [1.54, 1.807) is 15.9 Å².